The quantitative estimate of drug-likeness (QED) is 0.594. The first-order valence-corrected chi connectivity index (χ1v) is 4.40. The molecule has 4 nitrogen and oxygen atoms in total. The fourth-order valence-corrected chi connectivity index (χ4v) is 1.10. The summed E-state index contributed by atoms with van der Waals surface area (Å²) in [5.74, 6) is -0.197. The van der Waals surface area contributed by atoms with Gasteiger partial charge in [0.25, 0.3) is 0 Å². The van der Waals surface area contributed by atoms with E-state index in [9.17, 15) is 4.79 Å². The number of ether oxygens (including phenoxy) is 2. The second-order valence-corrected chi connectivity index (χ2v) is 3.03. The first-order valence-electron chi connectivity index (χ1n) is 3.65. The van der Waals surface area contributed by atoms with Gasteiger partial charge in [-0.1, -0.05) is 23.2 Å². The van der Waals surface area contributed by atoms with Crippen LogP contribution in [0.5, 0.6) is 5.75 Å². The molecule has 1 aromatic heterocycles. The lowest BCUT2D eigenvalue weighted by Crippen LogP contribution is -2.12. The molecule has 0 amide bonds. The number of carbonyl (C=O) groups is 1. The molecule has 0 aliphatic rings. The molecule has 0 fully saturated rings. The van der Waals surface area contributed by atoms with Gasteiger partial charge in [-0.3, -0.25) is 0 Å². The number of hydrogen-bond donors (Lipinski definition) is 0. The summed E-state index contributed by atoms with van der Waals surface area (Å²) >= 11 is 11.2. The summed E-state index contributed by atoms with van der Waals surface area (Å²) in [5, 5.41) is 0.377. The van der Waals surface area contributed by atoms with Gasteiger partial charge in [0.2, 0.25) is 0 Å². The van der Waals surface area contributed by atoms with Gasteiger partial charge in [-0.05, 0) is 12.1 Å². The van der Waals surface area contributed by atoms with Crippen LogP contribution in [0.25, 0.3) is 0 Å². The third-order valence-electron chi connectivity index (χ3n) is 1.35. The van der Waals surface area contributed by atoms with E-state index in [1.165, 1.54) is 19.2 Å². The topological polar surface area (TPSA) is 48.4 Å². The van der Waals surface area contributed by atoms with Crippen LogP contribution in [0.3, 0.4) is 0 Å². The average molecular weight is 236 g/mol. The Morgan fingerprint density at radius 3 is 2.79 bits per heavy atom. The van der Waals surface area contributed by atoms with E-state index in [2.05, 4.69) is 9.72 Å². The molecule has 0 aromatic carbocycles. The zero-order valence-corrected chi connectivity index (χ0v) is 8.80. The standard InChI is InChI=1S/C8H7Cl2NO3/c1-13-7(12)4-14-5-2-3-6(9)11-8(5)10/h2-3H,4H2,1H3. The molecule has 0 saturated carbocycles. The highest BCUT2D eigenvalue weighted by atomic mass is 35.5. The number of aromatic nitrogens is 1. The molecule has 0 aliphatic heterocycles. The van der Waals surface area contributed by atoms with E-state index < -0.39 is 5.97 Å². The van der Waals surface area contributed by atoms with Crippen LogP contribution in [0.4, 0.5) is 0 Å². The lowest BCUT2D eigenvalue weighted by Gasteiger charge is -2.05. The van der Waals surface area contributed by atoms with Gasteiger partial charge in [0.15, 0.2) is 17.5 Å². The molecule has 0 spiro atoms. The largest absolute Gasteiger partial charge is 0.479 e. The molecule has 1 aromatic rings. The number of esters is 1. The van der Waals surface area contributed by atoms with Gasteiger partial charge in [0, 0.05) is 0 Å². The fourth-order valence-electron chi connectivity index (χ4n) is 0.703. The number of halogens is 2. The average Bonchev–Trinajstić information content (AvgIpc) is 2.16. The SMILES string of the molecule is COC(=O)COc1ccc(Cl)nc1Cl. The van der Waals surface area contributed by atoms with Crippen LogP contribution >= 0.6 is 23.2 Å². The van der Waals surface area contributed by atoms with Gasteiger partial charge in [-0.25, -0.2) is 9.78 Å². The van der Waals surface area contributed by atoms with Crippen molar-refractivity contribution < 1.29 is 14.3 Å². The Hall–Kier alpha value is -1.00. The maximum atomic E-state index is 10.7. The Kier molecular flexibility index (Phi) is 3.98. The Balaban J connectivity index is 2.63. The van der Waals surface area contributed by atoms with E-state index in [0.29, 0.717) is 5.75 Å². The van der Waals surface area contributed by atoms with E-state index in [1.807, 2.05) is 0 Å². The normalized spacial score (nSPS) is 9.64. The Labute approximate surface area is 90.7 Å². The van der Waals surface area contributed by atoms with Crippen molar-refractivity contribution in [1.29, 1.82) is 0 Å². The molecule has 14 heavy (non-hydrogen) atoms. The smallest absolute Gasteiger partial charge is 0.343 e. The number of carbonyl (C=O) groups excluding carboxylic acids is 1. The lowest BCUT2D eigenvalue weighted by molar-refractivity contribution is -0.142. The van der Waals surface area contributed by atoms with Crippen molar-refractivity contribution in [3.05, 3.63) is 22.4 Å². The van der Waals surface area contributed by atoms with Gasteiger partial charge < -0.3 is 9.47 Å². The molecule has 1 heterocycles. The predicted molar refractivity (Wildman–Crippen MR) is 51.8 cm³/mol. The number of hydrogen-bond acceptors (Lipinski definition) is 4. The van der Waals surface area contributed by atoms with Crippen LogP contribution in [0.15, 0.2) is 12.1 Å². The first-order chi connectivity index (χ1) is 6.63. The van der Waals surface area contributed by atoms with Crippen LogP contribution in [0.1, 0.15) is 0 Å². The Bertz CT molecular complexity index is 343. The zero-order valence-electron chi connectivity index (χ0n) is 7.29. The summed E-state index contributed by atoms with van der Waals surface area (Å²) in [4.78, 5) is 14.5. The number of nitrogens with zero attached hydrogens (tertiary/aromatic N) is 1. The molecule has 0 bridgehead atoms. The first kappa shape index (κ1) is 11.1. The Morgan fingerprint density at radius 1 is 1.50 bits per heavy atom. The summed E-state index contributed by atoms with van der Waals surface area (Å²) in [6.45, 7) is -0.209. The van der Waals surface area contributed by atoms with E-state index >= 15 is 0 Å². The van der Waals surface area contributed by atoms with Gasteiger partial charge in [0.05, 0.1) is 7.11 Å². The molecular formula is C8H7Cl2NO3. The van der Waals surface area contributed by atoms with Gasteiger partial charge in [-0.2, -0.15) is 0 Å². The molecule has 0 N–H and O–H groups in total. The molecule has 0 radical (unpaired) electrons. The minimum absolute atomic E-state index is 0.112. The maximum absolute atomic E-state index is 10.7. The van der Waals surface area contributed by atoms with Gasteiger partial charge in [0.1, 0.15) is 5.15 Å². The summed E-state index contributed by atoms with van der Waals surface area (Å²) in [6.07, 6.45) is 0. The highest BCUT2D eigenvalue weighted by Crippen LogP contribution is 2.23. The van der Waals surface area contributed by atoms with Crippen LogP contribution in [-0.4, -0.2) is 24.7 Å². The predicted octanol–water partition coefficient (Wildman–Crippen LogP) is 1.94. The van der Waals surface area contributed by atoms with Crippen LogP contribution < -0.4 is 4.74 Å². The van der Waals surface area contributed by atoms with Crippen LogP contribution in [0.2, 0.25) is 10.3 Å². The third kappa shape index (κ3) is 3.05. The van der Waals surface area contributed by atoms with Gasteiger partial charge in [-0.15, -0.1) is 0 Å². The van der Waals surface area contributed by atoms with E-state index in [0.717, 1.165) is 0 Å². The Morgan fingerprint density at radius 2 is 2.21 bits per heavy atom. The van der Waals surface area contributed by atoms with Gasteiger partial charge >= 0.3 is 5.97 Å². The molecule has 0 saturated heterocycles. The van der Waals surface area contributed by atoms with E-state index in [1.54, 1.807) is 0 Å². The minimum atomic E-state index is -0.490. The van der Waals surface area contributed by atoms with E-state index in [-0.39, 0.29) is 16.9 Å². The number of pyridine rings is 1. The van der Waals surface area contributed by atoms with Crippen molar-refractivity contribution in [2.24, 2.45) is 0 Å². The summed E-state index contributed by atoms with van der Waals surface area (Å²) in [7, 11) is 1.27. The summed E-state index contributed by atoms with van der Waals surface area (Å²) in [6, 6.07) is 3.04. The van der Waals surface area contributed by atoms with Crippen molar-refractivity contribution in [2.75, 3.05) is 13.7 Å². The minimum Gasteiger partial charge on any atom is -0.479 e. The monoisotopic (exact) mass is 235 g/mol. The third-order valence-corrected chi connectivity index (χ3v) is 1.84. The summed E-state index contributed by atoms with van der Waals surface area (Å²) in [5.41, 5.74) is 0. The van der Waals surface area contributed by atoms with Crippen molar-refractivity contribution in [1.82, 2.24) is 4.98 Å². The van der Waals surface area contributed by atoms with Crippen LogP contribution in [-0.2, 0) is 9.53 Å². The van der Waals surface area contributed by atoms with Crippen molar-refractivity contribution in [3.63, 3.8) is 0 Å². The van der Waals surface area contributed by atoms with Crippen molar-refractivity contribution in [3.8, 4) is 5.75 Å². The second kappa shape index (κ2) is 5.02. The van der Waals surface area contributed by atoms with E-state index in [4.69, 9.17) is 27.9 Å². The highest BCUT2D eigenvalue weighted by Gasteiger charge is 2.06. The molecule has 6 heteroatoms. The lowest BCUT2D eigenvalue weighted by atomic mass is 10.4. The fraction of sp³-hybridized carbons (Fsp3) is 0.250. The highest BCUT2D eigenvalue weighted by molar-refractivity contribution is 6.33. The molecule has 0 aliphatic carbocycles. The molecule has 1 rings (SSSR count). The maximum Gasteiger partial charge on any atom is 0.343 e. The molecule has 0 unspecified atom stereocenters. The van der Waals surface area contributed by atoms with Crippen molar-refractivity contribution in [2.45, 2.75) is 0 Å². The zero-order chi connectivity index (χ0) is 10.6. The summed E-state index contributed by atoms with van der Waals surface area (Å²) < 4.78 is 9.40. The molecular weight excluding hydrogens is 229 g/mol. The van der Waals surface area contributed by atoms with Crippen molar-refractivity contribution >= 4 is 29.2 Å². The second-order valence-electron chi connectivity index (χ2n) is 2.29. The number of rotatable bonds is 3. The van der Waals surface area contributed by atoms with Crippen LogP contribution in [0, 0.1) is 0 Å². The molecule has 0 atom stereocenters. The molecule has 76 valence electrons. The number of methoxy groups -OCH3 is 1.